The Morgan fingerprint density at radius 3 is 2.30 bits per heavy atom. The number of carbonyl (C=O) groups excluding carboxylic acids is 1. The maximum absolute atomic E-state index is 13.9. The number of nitrogens with one attached hydrogen (secondary N) is 1. The van der Waals surface area contributed by atoms with Crippen LogP contribution in [0.2, 0.25) is 0 Å². The highest BCUT2D eigenvalue weighted by molar-refractivity contribution is 5.87. The Morgan fingerprint density at radius 1 is 0.977 bits per heavy atom. The first kappa shape index (κ1) is 29.8. The molecule has 2 heterocycles. The highest BCUT2D eigenvalue weighted by Gasteiger charge is 2.38. The van der Waals surface area contributed by atoms with Crippen LogP contribution >= 0.6 is 0 Å². The van der Waals surface area contributed by atoms with Gasteiger partial charge in [-0.2, -0.15) is 0 Å². The van der Waals surface area contributed by atoms with Gasteiger partial charge in [0.2, 0.25) is 5.91 Å². The van der Waals surface area contributed by atoms with Crippen molar-refractivity contribution >= 4 is 11.9 Å². The Balaban J connectivity index is 1.39. The summed E-state index contributed by atoms with van der Waals surface area (Å²) in [4.78, 5) is 32.7. The summed E-state index contributed by atoms with van der Waals surface area (Å²) < 4.78 is 0. The highest BCUT2D eigenvalue weighted by Crippen LogP contribution is 2.38. The second-order valence-electron chi connectivity index (χ2n) is 11.2. The van der Waals surface area contributed by atoms with Crippen molar-refractivity contribution in [3.63, 3.8) is 0 Å². The van der Waals surface area contributed by atoms with Crippen molar-refractivity contribution in [1.82, 2.24) is 15.2 Å². The number of carboxylic acids is 1. The molecule has 0 fully saturated rings. The van der Waals surface area contributed by atoms with Crippen molar-refractivity contribution in [3.8, 4) is 22.6 Å². The predicted molar refractivity (Wildman–Crippen MR) is 165 cm³/mol. The maximum Gasteiger partial charge on any atom is 0.326 e. The second-order valence-corrected chi connectivity index (χ2v) is 11.2. The number of nitrogens with zero attached hydrogens (tertiary/aromatic N) is 2. The van der Waals surface area contributed by atoms with E-state index in [1.165, 1.54) is 6.07 Å². The minimum absolute atomic E-state index is 0.114. The average molecular weight is 580 g/mol. The van der Waals surface area contributed by atoms with Gasteiger partial charge in [-0.15, -0.1) is 0 Å². The van der Waals surface area contributed by atoms with Gasteiger partial charge in [0.15, 0.2) is 11.5 Å². The second kappa shape index (κ2) is 12.7. The third-order valence-corrected chi connectivity index (χ3v) is 8.51. The molecule has 0 spiro atoms. The summed E-state index contributed by atoms with van der Waals surface area (Å²) in [6, 6.07) is 20.7. The molecule has 43 heavy (non-hydrogen) atoms. The third-order valence-electron chi connectivity index (χ3n) is 8.51. The van der Waals surface area contributed by atoms with Gasteiger partial charge in [0, 0.05) is 30.9 Å². The van der Waals surface area contributed by atoms with Crippen molar-refractivity contribution in [1.29, 1.82) is 0 Å². The van der Waals surface area contributed by atoms with Gasteiger partial charge in [-0.1, -0.05) is 61.5 Å². The fourth-order valence-electron chi connectivity index (χ4n) is 6.02. The van der Waals surface area contributed by atoms with Gasteiger partial charge in [-0.3, -0.25) is 14.7 Å². The molecule has 0 aliphatic carbocycles. The number of carbonyl (C=O) groups is 2. The van der Waals surface area contributed by atoms with Gasteiger partial charge in [0.1, 0.15) is 6.04 Å². The summed E-state index contributed by atoms with van der Waals surface area (Å²) >= 11 is 0. The number of pyridine rings is 1. The normalized spacial score (nSPS) is 16.2. The molecular weight excluding hydrogens is 542 g/mol. The lowest BCUT2D eigenvalue weighted by molar-refractivity contribution is -0.143. The van der Waals surface area contributed by atoms with Crippen LogP contribution in [0.1, 0.15) is 52.9 Å². The van der Waals surface area contributed by atoms with E-state index in [9.17, 15) is 24.9 Å². The molecule has 222 valence electrons. The molecule has 0 saturated carbocycles. The van der Waals surface area contributed by atoms with Crippen molar-refractivity contribution < 1.29 is 24.9 Å². The molecule has 1 aliphatic rings. The summed E-state index contributed by atoms with van der Waals surface area (Å²) in [6.45, 7) is 6.41. The number of carboxylic acid groups (broad SMARTS) is 1. The minimum Gasteiger partial charge on any atom is -0.504 e. The van der Waals surface area contributed by atoms with Crippen LogP contribution < -0.4 is 5.32 Å². The molecule has 0 bridgehead atoms. The van der Waals surface area contributed by atoms with Crippen LogP contribution in [-0.4, -0.2) is 49.2 Å². The first-order chi connectivity index (χ1) is 20.7. The minimum atomic E-state index is -1.13. The van der Waals surface area contributed by atoms with E-state index in [1.807, 2.05) is 74.5 Å². The molecule has 3 aromatic carbocycles. The number of aryl methyl sites for hydroxylation is 1. The number of aromatic nitrogens is 1. The van der Waals surface area contributed by atoms with E-state index in [-0.39, 0.29) is 36.3 Å². The van der Waals surface area contributed by atoms with Crippen LogP contribution in [0, 0.1) is 13.8 Å². The number of aliphatic carboxylic acids is 1. The molecule has 4 N–H and O–H groups in total. The van der Waals surface area contributed by atoms with E-state index >= 15 is 0 Å². The van der Waals surface area contributed by atoms with Crippen LogP contribution in [0.4, 0.5) is 0 Å². The standard InChI is InChI=1S/C35H37N3O5/c1-4-30(25-8-6-5-7-9-25)38-20-27-19-33(40)32(39)18-26(27)17-31(38)34(41)37-29(35(42)43)16-23-10-12-24(13-11-23)28-14-15-36-22(3)21(28)2/h5-15,18-19,29-31,39-40H,4,16-17,20H2,1-3H3,(H,37,41)(H,42,43)/t29-,30-,31-/m0/s1. The van der Waals surface area contributed by atoms with E-state index in [1.54, 1.807) is 12.3 Å². The number of benzene rings is 3. The van der Waals surface area contributed by atoms with Crippen LogP contribution in [0.25, 0.3) is 11.1 Å². The number of fused-ring (bicyclic) bond motifs is 1. The summed E-state index contributed by atoms with van der Waals surface area (Å²) in [5, 5.41) is 33.2. The van der Waals surface area contributed by atoms with Crippen LogP contribution in [0.5, 0.6) is 11.5 Å². The predicted octanol–water partition coefficient (Wildman–Crippen LogP) is 5.47. The summed E-state index contributed by atoms with van der Waals surface area (Å²) in [5.74, 6) is -1.95. The van der Waals surface area contributed by atoms with Gasteiger partial charge in [-0.25, -0.2) is 4.79 Å². The van der Waals surface area contributed by atoms with Crippen LogP contribution in [0.3, 0.4) is 0 Å². The van der Waals surface area contributed by atoms with Crippen molar-refractivity contribution in [2.75, 3.05) is 0 Å². The molecular formula is C35H37N3O5. The topological polar surface area (TPSA) is 123 Å². The van der Waals surface area contributed by atoms with E-state index in [0.717, 1.165) is 51.1 Å². The van der Waals surface area contributed by atoms with E-state index < -0.39 is 18.1 Å². The largest absolute Gasteiger partial charge is 0.504 e. The number of phenols is 2. The third kappa shape index (κ3) is 6.39. The maximum atomic E-state index is 13.9. The lowest BCUT2D eigenvalue weighted by Gasteiger charge is -2.41. The number of phenolic OH excluding ortho intramolecular Hbond substituents is 2. The van der Waals surface area contributed by atoms with E-state index in [2.05, 4.69) is 22.1 Å². The summed E-state index contributed by atoms with van der Waals surface area (Å²) in [6.07, 6.45) is 2.89. The quantitative estimate of drug-likeness (QED) is 0.194. The molecule has 8 nitrogen and oxygen atoms in total. The number of rotatable bonds is 9. The van der Waals surface area contributed by atoms with Gasteiger partial charge in [0.25, 0.3) is 0 Å². The zero-order chi connectivity index (χ0) is 30.7. The summed E-state index contributed by atoms with van der Waals surface area (Å²) in [5.41, 5.74) is 7.55. The number of amides is 1. The SMILES string of the molecule is CC[C@@H](c1ccccc1)N1Cc2cc(O)c(O)cc2C[C@H]1C(=O)N[C@@H](Cc1ccc(-c2ccnc(C)c2C)cc1)C(=O)O. The van der Waals surface area contributed by atoms with Gasteiger partial charge >= 0.3 is 5.97 Å². The molecule has 1 aromatic heterocycles. The zero-order valence-corrected chi connectivity index (χ0v) is 24.6. The molecule has 3 atom stereocenters. The highest BCUT2D eigenvalue weighted by atomic mass is 16.4. The average Bonchev–Trinajstić information content (AvgIpc) is 3.00. The van der Waals surface area contributed by atoms with Crippen molar-refractivity contribution in [2.45, 2.75) is 64.7 Å². The number of hydrogen-bond donors (Lipinski definition) is 4. The van der Waals surface area contributed by atoms with Crippen molar-refractivity contribution in [2.24, 2.45) is 0 Å². The molecule has 4 aromatic rings. The van der Waals surface area contributed by atoms with E-state index in [0.29, 0.717) is 6.54 Å². The Bertz CT molecular complexity index is 1620. The first-order valence-electron chi connectivity index (χ1n) is 14.5. The fourth-order valence-corrected chi connectivity index (χ4v) is 6.02. The molecule has 8 heteroatoms. The first-order valence-corrected chi connectivity index (χ1v) is 14.5. The van der Waals surface area contributed by atoms with E-state index in [4.69, 9.17) is 0 Å². The summed E-state index contributed by atoms with van der Waals surface area (Å²) in [7, 11) is 0. The lowest BCUT2D eigenvalue weighted by Crippen LogP contribution is -2.55. The van der Waals surface area contributed by atoms with Crippen LogP contribution in [0.15, 0.2) is 79.0 Å². The molecule has 5 rings (SSSR count). The van der Waals surface area contributed by atoms with Gasteiger partial charge < -0.3 is 20.6 Å². The Hall–Kier alpha value is -4.69. The number of aromatic hydroxyl groups is 2. The fraction of sp³-hybridized carbons (Fsp3) is 0.286. The molecule has 0 radical (unpaired) electrons. The Morgan fingerprint density at radius 2 is 1.65 bits per heavy atom. The van der Waals surface area contributed by atoms with Gasteiger partial charge in [-0.05, 0) is 83.8 Å². The number of hydrogen-bond acceptors (Lipinski definition) is 6. The smallest absolute Gasteiger partial charge is 0.326 e. The molecule has 0 saturated heterocycles. The zero-order valence-electron chi connectivity index (χ0n) is 24.6. The van der Waals surface area contributed by atoms with Crippen LogP contribution in [-0.2, 0) is 29.0 Å². The molecule has 0 unspecified atom stereocenters. The molecule has 1 aliphatic heterocycles. The Labute approximate surface area is 251 Å². The van der Waals surface area contributed by atoms with Crippen molar-refractivity contribution in [3.05, 3.63) is 113 Å². The van der Waals surface area contributed by atoms with Gasteiger partial charge in [0.05, 0.1) is 6.04 Å². The molecule has 1 amide bonds. The lowest BCUT2D eigenvalue weighted by atomic mass is 9.89. The monoisotopic (exact) mass is 579 g/mol. The Kier molecular flexibility index (Phi) is 8.78.